The Labute approximate surface area is 242 Å². The molecule has 42 heavy (non-hydrogen) atoms. The van der Waals surface area contributed by atoms with Crippen LogP contribution in [0.3, 0.4) is 0 Å². The molecule has 1 fully saturated rings. The molecule has 2 N–H and O–H groups in total. The Bertz CT molecular complexity index is 1980. The SMILES string of the molecule is Cc1oc(=O)oc1COC(=O)c1ccc2c(c1)c1nc(N3CCC[C@@H](N)C3)n(Cc3cc(F)ccc3Cl)c1c(=O)n2C. The van der Waals surface area contributed by atoms with Crippen molar-refractivity contribution in [3.63, 3.8) is 0 Å². The van der Waals surface area contributed by atoms with E-state index in [1.54, 1.807) is 29.8 Å². The Hall–Kier alpha value is -4.42. The van der Waals surface area contributed by atoms with Crippen molar-refractivity contribution in [2.24, 2.45) is 12.8 Å². The molecule has 5 aromatic rings. The number of hydrogen-bond acceptors (Lipinski definition) is 9. The van der Waals surface area contributed by atoms with Crippen molar-refractivity contribution in [1.29, 1.82) is 0 Å². The Morgan fingerprint density at radius 3 is 2.76 bits per heavy atom. The number of imidazole rings is 1. The topological polar surface area (TPSA) is 139 Å². The van der Waals surface area contributed by atoms with Gasteiger partial charge < -0.3 is 33.3 Å². The maximum absolute atomic E-state index is 14.2. The molecule has 3 aromatic heterocycles. The minimum absolute atomic E-state index is 0.0750. The van der Waals surface area contributed by atoms with Gasteiger partial charge in [0.1, 0.15) is 16.9 Å². The smallest absolute Gasteiger partial charge is 0.454 e. The maximum atomic E-state index is 14.2. The number of benzene rings is 2. The number of nitrogens with zero attached hydrogens (tertiary/aromatic N) is 4. The molecular weight excluding hydrogens is 569 g/mol. The molecule has 1 atom stereocenters. The zero-order valence-corrected chi connectivity index (χ0v) is 23.6. The normalized spacial score (nSPS) is 15.5. The zero-order valence-electron chi connectivity index (χ0n) is 22.9. The van der Waals surface area contributed by atoms with E-state index in [1.165, 1.54) is 29.7 Å². The molecule has 6 rings (SSSR count). The van der Waals surface area contributed by atoms with Gasteiger partial charge in [0.2, 0.25) is 5.95 Å². The van der Waals surface area contributed by atoms with E-state index >= 15 is 0 Å². The molecule has 11 nitrogen and oxygen atoms in total. The second-order valence-corrected chi connectivity index (χ2v) is 10.8. The summed E-state index contributed by atoms with van der Waals surface area (Å²) in [6.45, 7) is 2.53. The Morgan fingerprint density at radius 1 is 1.21 bits per heavy atom. The van der Waals surface area contributed by atoms with Crippen molar-refractivity contribution >= 4 is 45.5 Å². The maximum Gasteiger partial charge on any atom is 0.519 e. The first-order chi connectivity index (χ1) is 20.1. The lowest BCUT2D eigenvalue weighted by molar-refractivity contribution is 0.0443. The van der Waals surface area contributed by atoms with E-state index in [4.69, 9.17) is 35.9 Å². The van der Waals surface area contributed by atoms with Gasteiger partial charge in [-0.05, 0) is 61.7 Å². The number of carbonyl (C=O) groups excluding carboxylic acids is 1. The predicted molar refractivity (Wildman–Crippen MR) is 154 cm³/mol. The summed E-state index contributed by atoms with van der Waals surface area (Å²) in [5.41, 5.74) is 7.87. The molecule has 0 spiro atoms. The van der Waals surface area contributed by atoms with Crippen molar-refractivity contribution in [1.82, 2.24) is 14.1 Å². The minimum Gasteiger partial charge on any atom is -0.454 e. The van der Waals surface area contributed by atoms with Crippen molar-refractivity contribution in [2.45, 2.75) is 39.0 Å². The summed E-state index contributed by atoms with van der Waals surface area (Å²) >= 11 is 6.43. The summed E-state index contributed by atoms with van der Waals surface area (Å²) in [6, 6.07) is 8.81. The number of fused-ring (bicyclic) bond motifs is 3. The quantitative estimate of drug-likeness (QED) is 0.290. The van der Waals surface area contributed by atoms with E-state index in [-0.39, 0.29) is 47.4 Å². The molecule has 1 aliphatic rings. The van der Waals surface area contributed by atoms with Gasteiger partial charge in [-0.2, -0.15) is 0 Å². The molecule has 0 aliphatic carbocycles. The molecule has 1 saturated heterocycles. The molecule has 0 bridgehead atoms. The van der Waals surface area contributed by atoms with Crippen LogP contribution in [0, 0.1) is 12.7 Å². The molecule has 4 heterocycles. The van der Waals surface area contributed by atoms with Gasteiger partial charge in [-0.3, -0.25) is 4.79 Å². The average molecular weight is 596 g/mol. The fourth-order valence-corrected chi connectivity index (χ4v) is 5.57. The number of rotatable bonds is 6. The predicted octanol–water partition coefficient (Wildman–Crippen LogP) is 3.87. The van der Waals surface area contributed by atoms with Crippen LogP contribution in [-0.4, -0.2) is 39.2 Å². The number of piperidine rings is 1. The van der Waals surface area contributed by atoms with Crippen molar-refractivity contribution < 1.29 is 22.8 Å². The number of carbonyl (C=O) groups is 1. The third-order valence-electron chi connectivity index (χ3n) is 7.55. The summed E-state index contributed by atoms with van der Waals surface area (Å²) in [7, 11) is 1.63. The highest BCUT2D eigenvalue weighted by Crippen LogP contribution is 2.31. The van der Waals surface area contributed by atoms with Gasteiger partial charge in [0.15, 0.2) is 18.1 Å². The number of hydrogen-bond donors (Lipinski definition) is 1. The summed E-state index contributed by atoms with van der Waals surface area (Å²) < 4.78 is 32.5. The minimum atomic E-state index is -0.881. The Morgan fingerprint density at radius 2 is 2.02 bits per heavy atom. The number of nitrogens with two attached hydrogens (primary N) is 1. The third-order valence-corrected chi connectivity index (χ3v) is 7.92. The molecule has 218 valence electrons. The molecule has 13 heteroatoms. The first-order valence-corrected chi connectivity index (χ1v) is 13.7. The Kier molecular flexibility index (Phi) is 7.11. The number of pyridine rings is 1. The fourth-order valence-electron chi connectivity index (χ4n) is 5.40. The average Bonchev–Trinajstić information content (AvgIpc) is 3.50. The second-order valence-electron chi connectivity index (χ2n) is 10.4. The van der Waals surface area contributed by atoms with E-state index in [0.717, 1.165) is 12.8 Å². The molecule has 0 radical (unpaired) electrons. The van der Waals surface area contributed by atoms with Crippen LogP contribution in [0.2, 0.25) is 5.02 Å². The molecule has 1 aliphatic heterocycles. The summed E-state index contributed by atoms with van der Waals surface area (Å²) in [5, 5.41) is 0.894. The zero-order chi connectivity index (χ0) is 29.7. The van der Waals surface area contributed by atoms with E-state index in [2.05, 4.69) is 0 Å². The monoisotopic (exact) mass is 595 g/mol. The van der Waals surface area contributed by atoms with Gasteiger partial charge in [-0.1, -0.05) is 11.6 Å². The van der Waals surface area contributed by atoms with Crippen molar-refractivity contribution in [3.05, 3.63) is 90.9 Å². The molecule has 0 amide bonds. The lowest BCUT2D eigenvalue weighted by Gasteiger charge is -2.32. The summed E-state index contributed by atoms with van der Waals surface area (Å²) in [4.78, 5) is 45.1. The van der Waals surface area contributed by atoms with Gasteiger partial charge >= 0.3 is 11.8 Å². The number of ether oxygens (including phenoxy) is 1. The van der Waals surface area contributed by atoms with Crippen LogP contribution in [0.15, 0.2) is 54.8 Å². The summed E-state index contributed by atoms with van der Waals surface area (Å²) in [5.74, 6) is -1.17. The first-order valence-electron chi connectivity index (χ1n) is 13.3. The van der Waals surface area contributed by atoms with Gasteiger partial charge in [0.05, 0.1) is 17.6 Å². The van der Waals surface area contributed by atoms with Crippen LogP contribution < -0.4 is 22.0 Å². The van der Waals surface area contributed by atoms with Crippen LogP contribution in [-0.2, 0) is 24.9 Å². The number of esters is 1. The number of halogens is 2. The lowest BCUT2D eigenvalue weighted by Crippen LogP contribution is -2.44. The van der Waals surface area contributed by atoms with Crippen LogP contribution >= 0.6 is 11.6 Å². The molecular formula is C29H27ClFN5O6. The van der Waals surface area contributed by atoms with E-state index in [0.29, 0.717) is 46.0 Å². The standard InChI is InChI=1S/C29H27ClFN5O6/c1-15-23(42-29(39)41-15)14-40-27(38)16-5-8-22-20(11-16)24-25(26(37)34(22)2)36(12-17-10-18(31)6-7-21(17)30)28(33-24)35-9-3-4-19(32)13-35/h5-8,10-11,19H,3-4,9,12-14,32H2,1-2H3/t19-/m1/s1. The van der Waals surface area contributed by atoms with E-state index < -0.39 is 17.6 Å². The largest absolute Gasteiger partial charge is 0.519 e. The molecule has 0 unspecified atom stereocenters. The highest BCUT2D eigenvalue weighted by atomic mass is 35.5. The fraction of sp³-hybridized carbons (Fsp3) is 0.310. The van der Waals surface area contributed by atoms with Crippen LogP contribution in [0.5, 0.6) is 0 Å². The van der Waals surface area contributed by atoms with E-state index in [9.17, 15) is 18.8 Å². The molecule has 2 aromatic carbocycles. The van der Waals surface area contributed by atoms with Crippen molar-refractivity contribution in [2.75, 3.05) is 18.0 Å². The lowest BCUT2D eigenvalue weighted by atomic mass is 10.1. The highest BCUT2D eigenvalue weighted by molar-refractivity contribution is 6.31. The van der Waals surface area contributed by atoms with Crippen LogP contribution in [0.25, 0.3) is 21.9 Å². The van der Waals surface area contributed by atoms with Gasteiger partial charge in [-0.15, -0.1) is 0 Å². The second kappa shape index (κ2) is 10.8. The van der Waals surface area contributed by atoms with Gasteiger partial charge in [0, 0.05) is 36.6 Å². The Balaban J connectivity index is 1.50. The number of anilines is 1. The summed E-state index contributed by atoms with van der Waals surface area (Å²) in [6.07, 6.45) is 1.71. The van der Waals surface area contributed by atoms with Gasteiger partial charge in [0.25, 0.3) is 5.56 Å². The molecule has 0 saturated carbocycles. The number of aryl methyl sites for hydroxylation is 2. The first kappa shape index (κ1) is 27.7. The third kappa shape index (κ3) is 4.96. The van der Waals surface area contributed by atoms with E-state index in [1.807, 2.05) is 4.90 Å². The highest BCUT2D eigenvalue weighted by Gasteiger charge is 2.27. The van der Waals surface area contributed by atoms with Gasteiger partial charge in [-0.25, -0.2) is 19.0 Å². The van der Waals surface area contributed by atoms with Crippen LogP contribution in [0.1, 0.15) is 40.3 Å². The van der Waals surface area contributed by atoms with Crippen molar-refractivity contribution in [3.8, 4) is 0 Å². The van der Waals surface area contributed by atoms with Crippen LogP contribution in [0.4, 0.5) is 10.3 Å². The number of aromatic nitrogens is 3.